The molecule has 0 saturated heterocycles. The van der Waals surface area contributed by atoms with Crippen molar-refractivity contribution in [2.24, 2.45) is 5.14 Å². The molecule has 112 valence electrons. The number of hydrogen-bond donors (Lipinski definition) is 2. The minimum atomic E-state index is -3.82. The van der Waals surface area contributed by atoms with E-state index in [2.05, 4.69) is 10.1 Å². The van der Waals surface area contributed by atoms with Crippen LogP contribution in [-0.2, 0) is 14.8 Å². The molecule has 0 aromatic carbocycles. The molecule has 9 nitrogen and oxygen atoms in total. The summed E-state index contributed by atoms with van der Waals surface area (Å²) in [6.45, 7) is 1.87. The van der Waals surface area contributed by atoms with Gasteiger partial charge >= 0.3 is 5.97 Å². The first-order valence-corrected chi connectivity index (χ1v) is 7.39. The number of rotatable bonds is 4. The number of hydrogen-bond acceptors (Lipinski definition) is 7. The molecule has 0 aliphatic heterocycles. The molecular weight excluding hydrogens is 298 g/mol. The highest BCUT2D eigenvalue weighted by molar-refractivity contribution is 7.89. The summed E-state index contributed by atoms with van der Waals surface area (Å²) in [6.07, 6.45) is 2.47. The predicted molar refractivity (Wildman–Crippen MR) is 73.1 cm³/mol. The van der Waals surface area contributed by atoms with Gasteiger partial charge in [-0.2, -0.15) is 5.10 Å². The van der Waals surface area contributed by atoms with Gasteiger partial charge in [0.05, 0.1) is 18.5 Å². The van der Waals surface area contributed by atoms with Crippen LogP contribution in [0.1, 0.15) is 17.4 Å². The summed E-state index contributed by atoms with van der Waals surface area (Å²) in [4.78, 5) is 15.4. The van der Waals surface area contributed by atoms with Gasteiger partial charge in [0.2, 0.25) is 10.0 Å². The molecule has 2 aromatic rings. The molecule has 2 heterocycles. The molecule has 21 heavy (non-hydrogen) atoms. The third-order valence-electron chi connectivity index (χ3n) is 2.50. The van der Waals surface area contributed by atoms with Crippen LogP contribution >= 0.6 is 0 Å². The lowest BCUT2D eigenvalue weighted by molar-refractivity contribution is 0.0520. The normalized spacial score (nSPS) is 11.3. The molecular formula is C11H13N5O4S. The van der Waals surface area contributed by atoms with Crippen molar-refractivity contribution in [3.63, 3.8) is 0 Å². The average Bonchev–Trinajstić information content (AvgIpc) is 2.80. The lowest BCUT2D eigenvalue weighted by Crippen LogP contribution is -2.13. The maximum atomic E-state index is 11.6. The fourth-order valence-corrected chi connectivity index (χ4v) is 2.00. The van der Waals surface area contributed by atoms with E-state index >= 15 is 0 Å². The zero-order valence-corrected chi connectivity index (χ0v) is 11.9. The lowest BCUT2D eigenvalue weighted by Gasteiger charge is -2.01. The molecule has 0 bridgehead atoms. The third-order valence-corrected chi connectivity index (χ3v) is 3.39. The van der Waals surface area contributed by atoms with Crippen LogP contribution in [0.2, 0.25) is 0 Å². The Morgan fingerprint density at radius 2 is 2.14 bits per heavy atom. The van der Waals surface area contributed by atoms with E-state index in [-0.39, 0.29) is 28.7 Å². The number of sulfonamides is 1. The summed E-state index contributed by atoms with van der Waals surface area (Å²) in [5.74, 6) is -0.362. The highest BCUT2D eigenvalue weighted by atomic mass is 32.2. The monoisotopic (exact) mass is 311 g/mol. The van der Waals surface area contributed by atoms with E-state index in [1.807, 2.05) is 0 Å². The van der Waals surface area contributed by atoms with Gasteiger partial charge in [-0.3, -0.25) is 0 Å². The smallest absolute Gasteiger partial charge is 0.361 e. The van der Waals surface area contributed by atoms with Crippen LogP contribution in [0.25, 0.3) is 5.82 Å². The zero-order valence-electron chi connectivity index (χ0n) is 11.1. The van der Waals surface area contributed by atoms with Crippen molar-refractivity contribution in [2.75, 3.05) is 12.3 Å². The molecule has 0 saturated carbocycles. The van der Waals surface area contributed by atoms with Gasteiger partial charge in [-0.05, 0) is 19.1 Å². The van der Waals surface area contributed by atoms with Crippen molar-refractivity contribution < 1.29 is 17.9 Å². The Balaban J connectivity index is 2.35. The minimum Gasteiger partial charge on any atom is -0.461 e. The van der Waals surface area contributed by atoms with Crippen LogP contribution in [0.4, 0.5) is 5.69 Å². The van der Waals surface area contributed by atoms with Crippen LogP contribution in [0.3, 0.4) is 0 Å². The Bertz CT molecular complexity index is 766. The molecule has 0 aliphatic rings. The molecule has 0 aliphatic carbocycles. The van der Waals surface area contributed by atoms with Crippen LogP contribution < -0.4 is 10.9 Å². The Kier molecular flexibility index (Phi) is 3.91. The molecule has 0 atom stereocenters. The summed E-state index contributed by atoms with van der Waals surface area (Å²) in [6, 6.07) is 2.67. The number of anilines is 1. The van der Waals surface area contributed by atoms with Gasteiger partial charge in [0.25, 0.3) is 0 Å². The van der Waals surface area contributed by atoms with E-state index in [0.29, 0.717) is 0 Å². The number of primary sulfonamides is 1. The predicted octanol–water partition coefficient (Wildman–Crippen LogP) is -0.326. The number of aromatic nitrogens is 3. The standard InChI is InChI=1S/C11H13N5O4S/c1-2-20-11(17)10-8(12)6-16(15-10)9-4-3-7(5-14-9)21(13,18)19/h3-6H,2,12H2,1H3,(H2,13,18,19). The maximum Gasteiger partial charge on any atom is 0.361 e. The minimum absolute atomic E-state index is 0.0332. The summed E-state index contributed by atoms with van der Waals surface area (Å²) >= 11 is 0. The van der Waals surface area contributed by atoms with Crippen molar-refractivity contribution in [2.45, 2.75) is 11.8 Å². The van der Waals surface area contributed by atoms with E-state index in [0.717, 1.165) is 6.20 Å². The molecule has 0 amide bonds. The second-order valence-electron chi connectivity index (χ2n) is 4.00. The Hall–Kier alpha value is -2.46. The third kappa shape index (κ3) is 3.17. The quantitative estimate of drug-likeness (QED) is 0.736. The number of nitrogen functional groups attached to an aromatic ring is 1. The Morgan fingerprint density at radius 3 is 2.67 bits per heavy atom. The van der Waals surface area contributed by atoms with E-state index in [9.17, 15) is 13.2 Å². The van der Waals surface area contributed by atoms with Gasteiger partial charge in [0.15, 0.2) is 11.5 Å². The number of carbonyl (C=O) groups is 1. The van der Waals surface area contributed by atoms with Crippen LogP contribution in [0, 0.1) is 0 Å². The molecule has 10 heteroatoms. The number of nitrogens with two attached hydrogens (primary N) is 2. The van der Waals surface area contributed by atoms with Crippen LogP contribution in [-0.4, -0.2) is 35.8 Å². The SMILES string of the molecule is CCOC(=O)c1nn(-c2ccc(S(N)(=O)=O)cn2)cc1N. The first-order chi connectivity index (χ1) is 9.82. The summed E-state index contributed by atoms with van der Waals surface area (Å²) in [5.41, 5.74) is 5.78. The Morgan fingerprint density at radius 1 is 1.43 bits per heavy atom. The summed E-state index contributed by atoms with van der Waals surface area (Å²) in [5, 5.41) is 8.94. The zero-order chi connectivity index (χ0) is 15.6. The van der Waals surface area contributed by atoms with Crippen molar-refractivity contribution in [3.05, 3.63) is 30.2 Å². The van der Waals surface area contributed by atoms with E-state index in [1.165, 1.54) is 23.0 Å². The highest BCUT2D eigenvalue weighted by Crippen LogP contribution is 2.15. The van der Waals surface area contributed by atoms with Gasteiger partial charge in [-0.15, -0.1) is 0 Å². The van der Waals surface area contributed by atoms with E-state index in [4.69, 9.17) is 15.6 Å². The van der Waals surface area contributed by atoms with Gasteiger partial charge in [-0.25, -0.2) is 28.0 Å². The molecule has 0 fully saturated rings. The molecule has 2 aromatic heterocycles. The molecule has 0 spiro atoms. The van der Waals surface area contributed by atoms with Gasteiger partial charge in [-0.1, -0.05) is 0 Å². The number of nitrogens with zero attached hydrogens (tertiary/aromatic N) is 3. The number of carbonyl (C=O) groups excluding carboxylic acids is 1. The fourth-order valence-electron chi connectivity index (χ4n) is 1.54. The van der Waals surface area contributed by atoms with Gasteiger partial charge in [0, 0.05) is 6.20 Å². The second kappa shape index (κ2) is 5.50. The first kappa shape index (κ1) is 14.9. The molecule has 0 unspecified atom stereocenters. The van der Waals surface area contributed by atoms with Crippen LogP contribution in [0.5, 0.6) is 0 Å². The van der Waals surface area contributed by atoms with Crippen molar-refractivity contribution >= 4 is 21.7 Å². The van der Waals surface area contributed by atoms with E-state index < -0.39 is 16.0 Å². The summed E-state index contributed by atoms with van der Waals surface area (Å²) < 4.78 is 28.3. The molecule has 0 radical (unpaired) electrons. The van der Waals surface area contributed by atoms with Crippen LogP contribution in [0.15, 0.2) is 29.4 Å². The molecule has 2 rings (SSSR count). The summed E-state index contributed by atoms with van der Waals surface area (Å²) in [7, 11) is -3.82. The molecule has 4 N–H and O–H groups in total. The largest absolute Gasteiger partial charge is 0.461 e. The highest BCUT2D eigenvalue weighted by Gasteiger charge is 2.17. The number of pyridine rings is 1. The second-order valence-corrected chi connectivity index (χ2v) is 5.56. The van der Waals surface area contributed by atoms with Crippen molar-refractivity contribution in [3.8, 4) is 5.82 Å². The number of ether oxygens (including phenoxy) is 1. The maximum absolute atomic E-state index is 11.6. The average molecular weight is 311 g/mol. The first-order valence-electron chi connectivity index (χ1n) is 5.84. The fraction of sp³-hybridized carbons (Fsp3) is 0.182. The lowest BCUT2D eigenvalue weighted by atomic mass is 10.4. The Labute approximate surface area is 120 Å². The van der Waals surface area contributed by atoms with Crippen molar-refractivity contribution in [1.82, 2.24) is 14.8 Å². The van der Waals surface area contributed by atoms with E-state index in [1.54, 1.807) is 6.92 Å². The van der Waals surface area contributed by atoms with Crippen molar-refractivity contribution in [1.29, 1.82) is 0 Å². The van der Waals surface area contributed by atoms with Gasteiger partial charge < -0.3 is 10.5 Å². The topological polar surface area (TPSA) is 143 Å². The number of esters is 1. The van der Waals surface area contributed by atoms with Gasteiger partial charge in [0.1, 0.15) is 4.90 Å².